The first-order valence-electron chi connectivity index (χ1n) is 4.43. The molecule has 0 aliphatic heterocycles. The van der Waals surface area contributed by atoms with Gasteiger partial charge in [0.15, 0.2) is 5.16 Å². The van der Waals surface area contributed by atoms with Gasteiger partial charge in [0, 0.05) is 11.1 Å². The summed E-state index contributed by atoms with van der Waals surface area (Å²) in [6, 6.07) is 3.69. The maximum atomic E-state index is 9.27. The molecule has 1 atom stereocenters. The second kappa shape index (κ2) is 4.41. The molecule has 0 saturated carbocycles. The first-order chi connectivity index (χ1) is 7.25. The van der Waals surface area contributed by atoms with Gasteiger partial charge in [-0.2, -0.15) is 5.10 Å². The Morgan fingerprint density at radius 2 is 2.27 bits per heavy atom. The molecule has 0 aliphatic rings. The third kappa shape index (κ3) is 2.54. The van der Waals surface area contributed by atoms with Gasteiger partial charge in [0.2, 0.25) is 0 Å². The van der Waals surface area contributed by atoms with Gasteiger partial charge in [-0.05, 0) is 30.8 Å². The summed E-state index contributed by atoms with van der Waals surface area (Å²) in [6.07, 6.45) is 2.63. The van der Waals surface area contributed by atoms with Crippen LogP contribution in [0.1, 0.15) is 18.7 Å². The number of hydrogen-bond acceptors (Lipinski definition) is 5. The number of H-pyrrole nitrogens is 1. The van der Waals surface area contributed by atoms with E-state index in [1.807, 2.05) is 6.07 Å². The molecular formula is C9H10N4OS. The van der Waals surface area contributed by atoms with E-state index in [1.54, 1.807) is 19.2 Å². The normalized spacial score (nSPS) is 12.7. The minimum absolute atomic E-state index is 0.533. The van der Waals surface area contributed by atoms with Crippen molar-refractivity contribution in [3.63, 3.8) is 0 Å². The van der Waals surface area contributed by atoms with E-state index in [9.17, 15) is 5.11 Å². The van der Waals surface area contributed by atoms with Crippen LogP contribution in [-0.2, 0) is 0 Å². The van der Waals surface area contributed by atoms with Gasteiger partial charge in [-0.25, -0.2) is 4.98 Å². The average molecular weight is 222 g/mol. The average Bonchev–Trinajstić information content (AvgIpc) is 2.71. The van der Waals surface area contributed by atoms with E-state index >= 15 is 0 Å². The van der Waals surface area contributed by atoms with Gasteiger partial charge in [0.05, 0.1) is 11.8 Å². The summed E-state index contributed by atoms with van der Waals surface area (Å²) in [5, 5.41) is 16.5. The lowest BCUT2D eigenvalue weighted by Gasteiger charge is -2.03. The third-order valence-corrected chi connectivity index (χ3v) is 2.66. The zero-order valence-corrected chi connectivity index (χ0v) is 8.90. The van der Waals surface area contributed by atoms with Crippen molar-refractivity contribution in [3.05, 3.63) is 30.4 Å². The van der Waals surface area contributed by atoms with Gasteiger partial charge in [-0.15, -0.1) is 0 Å². The molecule has 0 fully saturated rings. The lowest BCUT2D eigenvalue weighted by molar-refractivity contribution is 0.194. The van der Waals surface area contributed by atoms with Crippen LogP contribution in [-0.4, -0.2) is 25.3 Å². The summed E-state index contributed by atoms with van der Waals surface area (Å²) in [7, 11) is 0. The SMILES string of the molecule is CC(O)c1ccc(Sc2ncn[nH]2)cn1. The van der Waals surface area contributed by atoms with Crippen molar-refractivity contribution in [1.29, 1.82) is 0 Å². The smallest absolute Gasteiger partial charge is 0.188 e. The number of hydrogen-bond donors (Lipinski definition) is 2. The Hall–Kier alpha value is -1.40. The molecule has 2 aromatic heterocycles. The van der Waals surface area contributed by atoms with Crippen molar-refractivity contribution in [1.82, 2.24) is 20.2 Å². The van der Waals surface area contributed by atoms with Crippen molar-refractivity contribution < 1.29 is 5.11 Å². The van der Waals surface area contributed by atoms with E-state index in [-0.39, 0.29) is 0 Å². The Morgan fingerprint density at radius 1 is 1.40 bits per heavy atom. The molecule has 0 amide bonds. The molecule has 0 aromatic carbocycles. The van der Waals surface area contributed by atoms with Gasteiger partial charge in [-0.1, -0.05) is 0 Å². The molecule has 1 unspecified atom stereocenters. The second-order valence-corrected chi connectivity index (χ2v) is 4.05. The maximum absolute atomic E-state index is 9.27. The van der Waals surface area contributed by atoms with Crippen LogP contribution in [0.25, 0.3) is 0 Å². The van der Waals surface area contributed by atoms with E-state index in [4.69, 9.17) is 0 Å². The van der Waals surface area contributed by atoms with Crippen molar-refractivity contribution in [2.24, 2.45) is 0 Å². The monoisotopic (exact) mass is 222 g/mol. The van der Waals surface area contributed by atoms with Gasteiger partial charge in [0.1, 0.15) is 6.33 Å². The number of nitrogens with one attached hydrogen (secondary N) is 1. The van der Waals surface area contributed by atoms with Crippen LogP contribution in [0.5, 0.6) is 0 Å². The standard InChI is InChI=1S/C9H10N4OS/c1-6(14)8-3-2-7(4-10-8)15-9-11-5-12-13-9/h2-6,14H,1H3,(H,11,12,13). The van der Waals surface area contributed by atoms with Gasteiger partial charge < -0.3 is 5.11 Å². The van der Waals surface area contributed by atoms with Crippen LogP contribution >= 0.6 is 11.8 Å². The molecule has 5 nitrogen and oxygen atoms in total. The molecule has 0 bridgehead atoms. The fourth-order valence-corrected chi connectivity index (χ4v) is 1.72. The van der Waals surface area contributed by atoms with Gasteiger partial charge >= 0.3 is 0 Å². The summed E-state index contributed by atoms with van der Waals surface area (Å²) in [5.74, 6) is 0. The maximum Gasteiger partial charge on any atom is 0.188 e. The summed E-state index contributed by atoms with van der Waals surface area (Å²) in [5.41, 5.74) is 0.664. The molecule has 2 rings (SSSR count). The highest BCUT2D eigenvalue weighted by molar-refractivity contribution is 7.99. The number of aliphatic hydroxyl groups is 1. The number of aromatic nitrogens is 4. The Morgan fingerprint density at radius 3 is 2.80 bits per heavy atom. The largest absolute Gasteiger partial charge is 0.387 e. The second-order valence-electron chi connectivity index (χ2n) is 2.99. The lowest BCUT2D eigenvalue weighted by Crippen LogP contribution is -1.94. The molecule has 0 aliphatic carbocycles. The van der Waals surface area contributed by atoms with Crippen LogP contribution in [0.3, 0.4) is 0 Å². The predicted molar refractivity (Wildman–Crippen MR) is 55.4 cm³/mol. The van der Waals surface area contributed by atoms with Crippen LogP contribution in [0.15, 0.2) is 34.7 Å². The van der Waals surface area contributed by atoms with Crippen LogP contribution in [0.4, 0.5) is 0 Å². The molecule has 0 spiro atoms. The first kappa shape index (κ1) is 10.1. The fraction of sp³-hybridized carbons (Fsp3) is 0.222. The van der Waals surface area contributed by atoms with Gasteiger partial charge in [0.25, 0.3) is 0 Å². The number of nitrogens with zero attached hydrogens (tertiary/aromatic N) is 3. The topological polar surface area (TPSA) is 74.7 Å². The van der Waals surface area contributed by atoms with E-state index < -0.39 is 6.10 Å². The highest BCUT2D eigenvalue weighted by Crippen LogP contribution is 2.23. The Balaban J connectivity index is 2.11. The van der Waals surface area contributed by atoms with E-state index in [0.29, 0.717) is 5.69 Å². The summed E-state index contributed by atoms with van der Waals surface area (Å²) < 4.78 is 0. The number of pyridine rings is 1. The van der Waals surface area contributed by atoms with Gasteiger partial charge in [-0.3, -0.25) is 10.1 Å². The Bertz CT molecular complexity index is 412. The van der Waals surface area contributed by atoms with E-state index in [0.717, 1.165) is 10.1 Å². The van der Waals surface area contributed by atoms with Crippen LogP contribution in [0, 0.1) is 0 Å². The molecule has 78 valence electrons. The highest BCUT2D eigenvalue weighted by atomic mass is 32.2. The van der Waals surface area contributed by atoms with Crippen molar-refractivity contribution >= 4 is 11.8 Å². The number of aromatic amines is 1. The van der Waals surface area contributed by atoms with Crippen LogP contribution in [0.2, 0.25) is 0 Å². The minimum atomic E-state index is -0.533. The fourth-order valence-electron chi connectivity index (χ4n) is 1.05. The van der Waals surface area contributed by atoms with Crippen molar-refractivity contribution in [2.45, 2.75) is 23.1 Å². The Kier molecular flexibility index (Phi) is 2.98. The molecule has 2 N–H and O–H groups in total. The molecule has 0 radical (unpaired) electrons. The lowest BCUT2D eigenvalue weighted by atomic mass is 10.2. The Labute approximate surface area is 91.0 Å². The molecule has 2 aromatic rings. The highest BCUT2D eigenvalue weighted by Gasteiger charge is 2.03. The van der Waals surface area contributed by atoms with Crippen molar-refractivity contribution in [3.8, 4) is 0 Å². The van der Waals surface area contributed by atoms with Crippen LogP contribution < -0.4 is 0 Å². The first-order valence-corrected chi connectivity index (χ1v) is 5.24. The van der Waals surface area contributed by atoms with E-state index in [2.05, 4.69) is 20.2 Å². The predicted octanol–water partition coefficient (Wildman–Crippen LogP) is 1.40. The molecule has 15 heavy (non-hydrogen) atoms. The molecule has 0 saturated heterocycles. The zero-order valence-electron chi connectivity index (χ0n) is 8.08. The van der Waals surface area contributed by atoms with Crippen molar-refractivity contribution in [2.75, 3.05) is 0 Å². The summed E-state index contributed by atoms with van der Waals surface area (Å²) >= 11 is 1.44. The van der Waals surface area contributed by atoms with E-state index in [1.165, 1.54) is 18.1 Å². The number of aliphatic hydroxyl groups excluding tert-OH is 1. The molecule has 2 heterocycles. The summed E-state index contributed by atoms with van der Waals surface area (Å²) in [4.78, 5) is 9.07. The molecule has 6 heteroatoms. The minimum Gasteiger partial charge on any atom is -0.387 e. The number of rotatable bonds is 3. The third-order valence-electron chi connectivity index (χ3n) is 1.79. The quantitative estimate of drug-likeness (QED) is 0.821. The zero-order chi connectivity index (χ0) is 10.7. The molecular weight excluding hydrogens is 212 g/mol. The summed E-state index contributed by atoms with van der Waals surface area (Å²) in [6.45, 7) is 1.69.